The van der Waals surface area contributed by atoms with Gasteiger partial charge in [0, 0.05) is 5.69 Å². The number of hydrogen-bond donors (Lipinski definition) is 2. The van der Waals surface area contributed by atoms with E-state index in [1.807, 2.05) is 18.2 Å². The molecule has 7 nitrogen and oxygen atoms in total. The Morgan fingerprint density at radius 3 is 2.22 bits per heavy atom. The van der Waals surface area contributed by atoms with E-state index in [2.05, 4.69) is 39.8 Å². The summed E-state index contributed by atoms with van der Waals surface area (Å²) < 4.78 is 10.5. The molecular formula is C30H35N3O4. The number of rotatable bonds is 11. The van der Waals surface area contributed by atoms with Gasteiger partial charge >= 0.3 is 0 Å². The van der Waals surface area contributed by atoms with Crippen LogP contribution in [0.15, 0.2) is 78.9 Å². The van der Waals surface area contributed by atoms with Crippen molar-refractivity contribution in [1.82, 2.24) is 10.2 Å². The average Bonchev–Trinajstić information content (AvgIpc) is 3.41. The fraction of sp³-hybridized carbons (Fsp3) is 0.333. The first-order valence-corrected chi connectivity index (χ1v) is 12.7. The van der Waals surface area contributed by atoms with Crippen molar-refractivity contribution in [3.63, 3.8) is 0 Å². The molecule has 1 fully saturated rings. The summed E-state index contributed by atoms with van der Waals surface area (Å²) >= 11 is 0. The second kappa shape index (κ2) is 12.9. The molecule has 3 aromatic rings. The lowest BCUT2D eigenvalue weighted by molar-refractivity contribution is -0.129. The van der Waals surface area contributed by atoms with Crippen molar-refractivity contribution < 1.29 is 19.1 Å². The van der Waals surface area contributed by atoms with E-state index < -0.39 is 6.04 Å². The van der Waals surface area contributed by atoms with Crippen molar-refractivity contribution in [2.75, 3.05) is 32.6 Å². The van der Waals surface area contributed by atoms with Gasteiger partial charge in [0.1, 0.15) is 17.5 Å². The van der Waals surface area contributed by atoms with Crippen molar-refractivity contribution in [3.05, 3.63) is 90.0 Å². The molecule has 2 N–H and O–H groups in total. The minimum Gasteiger partial charge on any atom is -0.497 e. The summed E-state index contributed by atoms with van der Waals surface area (Å²) in [5.41, 5.74) is 2.62. The van der Waals surface area contributed by atoms with Gasteiger partial charge in [0.15, 0.2) is 0 Å². The Hall–Kier alpha value is -3.84. The highest BCUT2D eigenvalue weighted by atomic mass is 16.5. The Labute approximate surface area is 218 Å². The number of aryl methyl sites for hydroxylation is 1. The third-order valence-corrected chi connectivity index (χ3v) is 6.78. The molecule has 0 aromatic heterocycles. The Morgan fingerprint density at radius 1 is 0.919 bits per heavy atom. The van der Waals surface area contributed by atoms with Crippen LogP contribution in [0, 0.1) is 0 Å². The molecule has 7 heteroatoms. The highest BCUT2D eigenvalue weighted by Gasteiger charge is 2.33. The number of anilines is 1. The van der Waals surface area contributed by atoms with Gasteiger partial charge in [-0.15, -0.1) is 0 Å². The maximum atomic E-state index is 13.5. The first-order chi connectivity index (χ1) is 18.1. The SMILES string of the molecule is COc1ccc(NC(=O)[C@@H](NC(=O)[C@@H]2CCCN2CCCc2ccccc2)c2ccc(OC)cc2)cc1. The molecule has 0 saturated carbocycles. The zero-order valence-electron chi connectivity index (χ0n) is 21.5. The summed E-state index contributed by atoms with van der Waals surface area (Å²) in [4.78, 5) is 29.1. The van der Waals surface area contributed by atoms with Crippen LogP contribution < -0.4 is 20.1 Å². The number of methoxy groups -OCH3 is 2. The second-order valence-corrected chi connectivity index (χ2v) is 9.22. The van der Waals surface area contributed by atoms with E-state index in [9.17, 15) is 9.59 Å². The van der Waals surface area contributed by atoms with Gasteiger partial charge in [-0.25, -0.2) is 0 Å². The normalized spacial score (nSPS) is 16.1. The number of nitrogens with zero attached hydrogens (tertiary/aromatic N) is 1. The standard InChI is InChI=1S/C30H35N3O4/c1-36-25-16-12-23(13-17-25)28(30(35)31-24-14-18-26(37-2)19-15-24)32-29(34)27-11-7-21-33(27)20-6-10-22-8-4-3-5-9-22/h3-5,8-9,12-19,27-28H,6-7,10-11,20-21H2,1-2H3,(H,31,35)(H,32,34)/t27-,28-/m0/s1. The number of benzene rings is 3. The van der Waals surface area contributed by atoms with E-state index in [4.69, 9.17) is 9.47 Å². The number of likely N-dealkylation sites (tertiary alicyclic amines) is 1. The summed E-state index contributed by atoms with van der Waals surface area (Å²) in [7, 11) is 3.19. The van der Waals surface area contributed by atoms with Crippen LogP contribution in [0.5, 0.6) is 11.5 Å². The molecule has 1 aliphatic rings. The lowest BCUT2D eigenvalue weighted by atomic mass is 10.0. The van der Waals surface area contributed by atoms with Crippen LogP contribution in [0.2, 0.25) is 0 Å². The Bertz CT molecular complexity index is 1150. The summed E-state index contributed by atoms with van der Waals surface area (Å²) in [6.45, 7) is 1.73. The van der Waals surface area contributed by atoms with Crippen LogP contribution in [-0.2, 0) is 16.0 Å². The zero-order chi connectivity index (χ0) is 26.0. The molecule has 0 bridgehead atoms. The van der Waals surface area contributed by atoms with Crippen molar-refractivity contribution in [1.29, 1.82) is 0 Å². The summed E-state index contributed by atoms with van der Waals surface area (Å²) in [6, 6.07) is 23.6. The number of hydrogen-bond acceptors (Lipinski definition) is 5. The Balaban J connectivity index is 1.44. The third-order valence-electron chi connectivity index (χ3n) is 6.78. The molecule has 37 heavy (non-hydrogen) atoms. The Kier molecular flexibility index (Phi) is 9.16. The molecule has 1 aliphatic heterocycles. The molecule has 0 aliphatic carbocycles. The van der Waals surface area contributed by atoms with Gasteiger partial charge in [0.05, 0.1) is 20.3 Å². The van der Waals surface area contributed by atoms with Gasteiger partial charge in [-0.3, -0.25) is 14.5 Å². The molecule has 194 valence electrons. The van der Waals surface area contributed by atoms with E-state index in [0.29, 0.717) is 22.7 Å². The highest BCUT2D eigenvalue weighted by Crippen LogP contribution is 2.24. The van der Waals surface area contributed by atoms with E-state index >= 15 is 0 Å². The van der Waals surface area contributed by atoms with Crippen molar-refractivity contribution in [3.8, 4) is 11.5 Å². The van der Waals surface area contributed by atoms with Gasteiger partial charge in [-0.05, 0) is 86.3 Å². The smallest absolute Gasteiger partial charge is 0.251 e. The largest absolute Gasteiger partial charge is 0.497 e. The van der Waals surface area contributed by atoms with Gasteiger partial charge in [-0.1, -0.05) is 42.5 Å². The van der Waals surface area contributed by atoms with Crippen LogP contribution in [0.1, 0.15) is 36.4 Å². The molecule has 0 radical (unpaired) electrons. The summed E-state index contributed by atoms with van der Waals surface area (Å²) in [6.07, 6.45) is 3.71. The number of carbonyl (C=O) groups excluding carboxylic acids is 2. The van der Waals surface area contributed by atoms with Crippen LogP contribution in [0.4, 0.5) is 5.69 Å². The fourth-order valence-electron chi connectivity index (χ4n) is 4.75. The summed E-state index contributed by atoms with van der Waals surface area (Å²) in [5.74, 6) is 0.955. The molecule has 0 spiro atoms. The van der Waals surface area contributed by atoms with E-state index in [-0.39, 0.29) is 17.9 Å². The molecule has 2 atom stereocenters. The minimum atomic E-state index is -0.840. The zero-order valence-corrected chi connectivity index (χ0v) is 21.5. The number of amides is 2. The average molecular weight is 502 g/mol. The first-order valence-electron chi connectivity index (χ1n) is 12.7. The van der Waals surface area contributed by atoms with E-state index in [1.54, 1.807) is 50.6 Å². The van der Waals surface area contributed by atoms with Crippen molar-refractivity contribution >= 4 is 17.5 Å². The second-order valence-electron chi connectivity index (χ2n) is 9.22. The maximum Gasteiger partial charge on any atom is 0.251 e. The molecule has 1 saturated heterocycles. The van der Waals surface area contributed by atoms with Gasteiger partial charge in [0.2, 0.25) is 5.91 Å². The number of carbonyl (C=O) groups is 2. The number of ether oxygens (including phenoxy) is 2. The van der Waals surface area contributed by atoms with Crippen LogP contribution in [-0.4, -0.2) is 50.1 Å². The maximum absolute atomic E-state index is 13.5. The van der Waals surface area contributed by atoms with Gasteiger partial charge < -0.3 is 20.1 Å². The molecular weight excluding hydrogens is 466 g/mol. The van der Waals surface area contributed by atoms with Crippen molar-refractivity contribution in [2.45, 2.75) is 37.8 Å². The molecule has 1 heterocycles. The van der Waals surface area contributed by atoms with Gasteiger partial charge in [-0.2, -0.15) is 0 Å². The lowest BCUT2D eigenvalue weighted by Crippen LogP contribution is -2.47. The highest BCUT2D eigenvalue weighted by molar-refractivity contribution is 5.98. The van der Waals surface area contributed by atoms with Crippen molar-refractivity contribution in [2.24, 2.45) is 0 Å². The predicted octanol–water partition coefficient (Wildman–Crippen LogP) is 4.60. The predicted molar refractivity (Wildman–Crippen MR) is 145 cm³/mol. The minimum absolute atomic E-state index is 0.122. The lowest BCUT2D eigenvalue weighted by Gasteiger charge is -2.26. The van der Waals surface area contributed by atoms with Crippen LogP contribution >= 0.6 is 0 Å². The molecule has 3 aromatic carbocycles. The quantitative estimate of drug-likeness (QED) is 0.402. The third kappa shape index (κ3) is 7.11. The molecule has 4 rings (SSSR count). The number of nitrogens with one attached hydrogen (secondary N) is 2. The topological polar surface area (TPSA) is 79.9 Å². The fourth-order valence-corrected chi connectivity index (χ4v) is 4.75. The molecule has 2 amide bonds. The van der Waals surface area contributed by atoms with Gasteiger partial charge in [0.25, 0.3) is 5.91 Å². The first kappa shape index (κ1) is 26.2. The van der Waals surface area contributed by atoms with Crippen LogP contribution in [0.25, 0.3) is 0 Å². The Morgan fingerprint density at radius 2 is 1.57 bits per heavy atom. The van der Waals surface area contributed by atoms with E-state index in [1.165, 1.54) is 5.56 Å². The van der Waals surface area contributed by atoms with E-state index in [0.717, 1.165) is 38.8 Å². The monoisotopic (exact) mass is 501 g/mol. The summed E-state index contributed by atoms with van der Waals surface area (Å²) in [5, 5.41) is 5.96. The molecule has 0 unspecified atom stereocenters. The van der Waals surface area contributed by atoms with Crippen LogP contribution in [0.3, 0.4) is 0 Å².